The molecule has 2 aliphatic heterocycles. The van der Waals surface area contributed by atoms with Crippen molar-refractivity contribution in [3.63, 3.8) is 0 Å². The van der Waals surface area contributed by atoms with Crippen LogP contribution in [-0.2, 0) is 9.84 Å². The van der Waals surface area contributed by atoms with Crippen LogP contribution in [0.5, 0.6) is 0 Å². The Labute approximate surface area is 130 Å². The van der Waals surface area contributed by atoms with Crippen molar-refractivity contribution < 1.29 is 9.84 Å². The van der Waals surface area contributed by atoms with Crippen LogP contribution in [0.1, 0.15) is 57.8 Å². The first kappa shape index (κ1) is 17.2. The molecule has 4 heteroatoms. The van der Waals surface area contributed by atoms with Gasteiger partial charge in [-0.3, -0.25) is 4.90 Å². The summed E-state index contributed by atoms with van der Waals surface area (Å²) < 4.78 is 5.48. The van der Waals surface area contributed by atoms with E-state index < -0.39 is 6.29 Å². The summed E-state index contributed by atoms with van der Waals surface area (Å²) in [4.78, 5) is 4.82. The van der Waals surface area contributed by atoms with Gasteiger partial charge in [-0.1, -0.05) is 25.7 Å². The highest BCUT2D eigenvalue weighted by molar-refractivity contribution is 4.65. The van der Waals surface area contributed by atoms with Crippen molar-refractivity contribution in [3.05, 3.63) is 0 Å². The number of likely N-dealkylation sites (tertiary alicyclic amines) is 2. The smallest absolute Gasteiger partial charge is 0.204 e. The van der Waals surface area contributed by atoms with E-state index in [0.717, 1.165) is 26.1 Å². The zero-order chi connectivity index (χ0) is 14.8. The average Bonchev–Trinajstić information content (AvgIpc) is 2.88. The maximum absolute atomic E-state index is 11.9. The molecule has 123 valence electrons. The molecule has 0 aliphatic carbocycles. The van der Waals surface area contributed by atoms with Crippen LogP contribution in [0, 0.1) is 0 Å². The van der Waals surface area contributed by atoms with Gasteiger partial charge in [0.05, 0.1) is 13.2 Å². The van der Waals surface area contributed by atoms with Gasteiger partial charge in [0.25, 0.3) is 0 Å². The SMILES string of the molecule is [O]C(CN1CCCCCC1)OCCCN1CCCCCC1. The lowest BCUT2D eigenvalue weighted by Gasteiger charge is -2.23. The molecule has 2 saturated heterocycles. The van der Waals surface area contributed by atoms with E-state index in [1.54, 1.807) is 0 Å². The Bertz CT molecular complexity index is 247. The first-order chi connectivity index (χ1) is 10.3. The molecule has 0 N–H and O–H groups in total. The van der Waals surface area contributed by atoms with Gasteiger partial charge < -0.3 is 9.64 Å². The van der Waals surface area contributed by atoms with Crippen LogP contribution < -0.4 is 0 Å². The zero-order valence-corrected chi connectivity index (χ0v) is 13.6. The summed E-state index contributed by atoms with van der Waals surface area (Å²) in [5.74, 6) is 0. The lowest BCUT2D eigenvalue weighted by molar-refractivity contribution is -0.151. The summed E-state index contributed by atoms with van der Waals surface area (Å²) in [7, 11) is 0. The van der Waals surface area contributed by atoms with Crippen molar-refractivity contribution >= 4 is 0 Å². The predicted molar refractivity (Wildman–Crippen MR) is 84.9 cm³/mol. The second kappa shape index (κ2) is 10.5. The van der Waals surface area contributed by atoms with E-state index in [4.69, 9.17) is 4.74 Å². The molecular weight excluding hydrogens is 264 g/mol. The number of nitrogens with zero attached hydrogens (tertiary/aromatic N) is 2. The number of rotatable bonds is 7. The fourth-order valence-electron chi connectivity index (χ4n) is 3.44. The molecule has 2 heterocycles. The molecule has 21 heavy (non-hydrogen) atoms. The molecule has 1 radical (unpaired) electrons. The molecule has 0 aromatic rings. The Morgan fingerprint density at radius 2 is 1.29 bits per heavy atom. The van der Waals surface area contributed by atoms with Crippen LogP contribution in [0.2, 0.25) is 0 Å². The molecule has 2 aliphatic rings. The van der Waals surface area contributed by atoms with E-state index in [1.807, 2.05) is 0 Å². The minimum atomic E-state index is -0.854. The summed E-state index contributed by atoms with van der Waals surface area (Å²) >= 11 is 0. The fourth-order valence-corrected chi connectivity index (χ4v) is 3.44. The van der Waals surface area contributed by atoms with Crippen molar-refractivity contribution in [1.82, 2.24) is 9.80 Å². The molecule has 1 unspecified atom stereocenters. The average molecular weight is 297 g/mol. The second-order valence-electron chi connectivity index (χ2n) is 6.62. The third kappa shape index (κ3) is 7.59. The first-order valence-electron chi connectivity index (χ1n) is 9.07. The zero-order valence-electron chi connectivity index (χ0n) is 13.6. The quantitative estimate of drug-likeness (QED) is 0.535. The van der Waals surface area contributed by atoms with Crippen molar-refractivity contribution in [2.24, 2.45) is 0 Å². The monoisotopic (exact) mass is 297 g/mol. The number of hydrogen-bond acceptors (Lipinski definition) is 3. The van der Waals surface area contributed by atoms with Crippen LogP contribution >= 0.6 is 0 Å². The molecule has 0 aromatic carbocycles. The van der Waals surface area contributed by atoms with Gasteiger partial charge in [-0.25, -0.2) is 5.11 Å². The third-order valence-electron chi connectivity index (χ3n) is 4.73. The highest BCUT2D eigenvalue weighted by atomic mass is 16.6. The minimum Gasteiger partial charge on any atom is -0.349 e. The molecule has 0 spiro atoms. The first-order valence-corrected chi connectivity index (χ1v) is 9.07. The normalized spacial score (nSPS) is 24.4. The van der Waals surface area contributed by atoms with Gasteiger partial charge in [-0.05, 0) is 58.3 Å². The fraction of sp³-hybridized carbons (Fsp3) is 1.00. The Morgan fingerprint density at radius 3 is 1.86 bits per heavy atom. The van der Waals surface area contributed by atoms with Gasteiger partial charge in [0.1, 0.15) is 0 Å². The van der Waals surface area contributed by atoms with Gasteiger partial charge in [0, 0.05) is 6.54 Å². The van der Waals surface area contributed by atoms with Crippen molar-refractivity contribution in [2.75, 3.05) is 45.9 Å². The molecule has 4 nitrogen and oxygen atoms in total. The maximum atomic E-state index is 11.9. The summed E-state index contributed by atoms with van der Waals surface area (Å²) in [5.41, 5.74) is 0. The van der Waals surface area contributed by atoms with E-state index in [9.17, 15) is 5.11 Å². The molecule has 0 bridgehead atoms. The van der Waals surface area contributed by atoms with Crippen LogP contribution in [-0.4, -0.2) is 62.0 Å². The number of hydrogen-bond donors (Lipinski definition) is 0. The van der Waals surface area contributed by atoms with Crippen molar-refractivity contribution in [2.45, 2.75) is 64.1 Å². The predicted octanol–water partition coefficient (Wildman–Crippen LogP) is 2.90. The summed E-state index contributed by atoms with van der Waals surface area (Å²) in [6.07, 6.45) is 10.7. The van der Waals surface area contributed by atoms with E-state index in [0.29, 0.717) is 13.2 Å². The largest absolute Gasteiger partial charge is 0.349 e. The molecule has 1 atom stereocenters. The third-order valence-corrected chi connectivity index (χ3v) is 4.73. The van der Waals surface area contributed by atoms with E-state index in [2.05, 4.69) is 9.80 Å². The minimum absolute atomic E-state index is 0.573. The Hall–Kier alpha value is -0.160. The van der Waals surface area contributed by atoms with Gasteiger partial charge in [-0.2, -0.15) is 0 Å². The summed E-state index contributed by atoms with van der Waals surface area (Å²) in [6.45, 7) is 6.91. The lowest BCUT2D eigenvalue weighted by atomic mass is 10.2. The van der Waals surface area contributed by atoms with Crippen LogP contribution in [0.4, 0.5) is 0 Å². The molecular formula is C17H33N2O2. The lowest BCUT2D eigenvalue weighted by Crippen LogP contribution is -2.34. The van der Waals surface area contributed by atoms with E-state index >= 15 is 0 Å². The summed E-state index contributed by atoms with van der Waals surface area (Å²) in [6, 6.07) is 0. The van der Waals surface area contributed by atoms with Crippen molar-refractivity contribution in [1.29, 1.82) is 0 Å². The van der Waals surface area contributed by atoms with Crippen LogP contribution in [0.15, 0.2) is 0 Å². The Morgan fingerprint density at radius 1 is 0.762 bits per heavy atom. The molecule has 0 amide bonds. The standard InChI is InChI=1S/C17H33N2O2/c20-17(16-19-12-7-3-4-8-13-19)21-15-9-14-18-10-5-1-2-6-11-18/h17H,1-16H2. The Balaban J connectivity index is 1.50. The van der Waals surface area contributed by atoms with E-state index in [1.165, 1.54) is 64.5 Å². The van der Waals surface area contributed by atoms with Gasteiger partial charge in [0.15, 0.2) is 0 Å². The maximum Gasteiger partial charge on any atom is 0.204 e. The Kier molecular flexibility index (Phi) is 8.64. The molecule has 0 aromatic heterocycles. The van der Waals surface area contributed by atoms with Crippen LogP contribution in [0.25, 0.3) is 0 Å². The highest BCUT2D eigenvalue weighted by Gasteiger charge is 2.15. The van der Waals surface area contributed by atoms with Crippen molar-refractivity contribution in [3.8, 4) is 0 Å². The number of ether oxygens (including phenoxy) is 1. The van der Waals surface area contributed by atoms with Gasteiger partial charge in [0.2, 0.25) is 6.29 Å². The molecule has 2 rings (SSSR count). The van der Waals surface area contributed by atoms with E-state index in [-0.39, 0.29) is 0 Å². The topological polar surface area (TPSA) is 35.6 Å². The molecule has 2 fully saturated rings. The highest BCUT2D eigenvalue weighted by Crippen LogP contribution is 2.11. The van der Waals surface area contributed by atoms with Gasteiger partial charge >= 0.3 is 0 Å². The molecule has 0 saturated carbocycles. The van der Waals surface area contributed by atoms with Gasteiger partial charge in [-0.15, -0.1) is 0 Å². The van der Waals surface area contributed by atoms with Crippen LogP contribution in [0.3, 0.4) is 0 Å². The second-order valence-corrected chi connectivity index (χ2v) is 6.62. The summed E-state index contributed by atoms with van der Waals surface area (Å²) in [5, 5.41) is 11.9.